The number of amidine groups is 4. The predicted octanol–water partition coefficient (Wildman–Crippen LogP) is 13.9. The number of benzene rings is 1. The Morgan fingerprint density at radius 2 is 0.867 bits per heavy atom. The molecular weight excluding hydrogens is 1710 g/mol. The van der Waals surface area contributed by atoms with E-state index in [0.717, 1.165) is 287 Å². The highest BCUT2D eigenvalue weighted by Crippen LogP contribution is 2.46. The van der Waals surface area contributed by atoms with E-state index < -0.39 is 5.82 Å². The number of piperidine rings is 1. The highest BCUT2D eigenvalue weighted by atomic mass is 35.5. The van der Waals surface area contributed by atoms with Crippen LogP contribution in [0.15, 0.2) is 154 Å². The first-order chi connectivity index (χ1) is 65.7. The van der Waals surface area contributed by atoms with Crippen molar-refractivity contribution in [3.63, 3.8) is 0 Å². The molecule has 1 saturated heterocycles. The molecule has 10 aromatic rings. The summed E-state index contributed by atoms with van der Waals surface area (Å²) in [7, 11) is 0. The summed E-state index contributed by atoms with van der Waals surface area (Å²) in [5.41, 5.74) is 54.6. The number of nitrogens with zero attached hydrogens (tertiary/aromatic N) is 24. The van der Waals surface area contributed by atoms with Crippen molar-refractivity contribution in [2.24, 2.45) is 69.9 Å². The van der Waals surface area contributed by atoms with Crippen LogP contribution in [0.25, 0.3) is 5.57 Å². The van der Waals surface area contributed by atoms with E-state index in [0.29, 0.717) is 85.6 Å². The maximum absolute atomic E-state index is 14.3. The second-order valence-corrected chi connectivity index (χ2v) is 40.0. The van der Waals surface area contributed by atoms with Gasteiger partial charge < -0.3 is 53.2 Å². The van der Waals surface area contributed by atoms with E-state index in [-0.39, 0.29) is 45.6 Å². The summed E-state index contributed by atoms with van der Waals surface area (Å²) >= 11 is 5.87. The number of hydrogen-bond acceptors (Lipinski definition) is 29. The average molecular weight is 1840 g/mol. The van der Waals surface area contributed by atoms with Crippen molar-refractivity contribution < 1.29 is 9.18 Å². The van der Waals surface area contributed by atoms with Crippen LogP contribution in [0.5, 0.6) is 0 Å². The number of aliphatic imine (C=N–C) groups is 5. The lowest BCUT2D eigenvalue weighted by molar-refractivity contribution is 0.0616. The number of fused-ring (bicyclic) bond motifs is 9. The summed E-state index contributed by atoms with van der Waals surface area (Å²) in [5.74, 6) is 4.09. The number of carbonyl (C=O) groups excluding carboxylic acids is 1. The smallest absolute Gasteiger partial charge is 0.274 e. The number of allylic oxidation sites excluding steroid dienone is 2. The molecule has 700 valence electrons. The second-order valence-electron chi connectivity index (χ2n) is 39.6. The van der Waals surface area contributed by atoms with E-state index in [4.69, 9.17) is 100 Å². The Labute approximate surface area is 794 Å². The molecule has 19 heterocycles. The molecule has 23 rings (SSSR count). The molecule has 2 saturated carbocycles. The van der Waals surface area contributed by atoms with Crippen molar-refractivity contribution in [3.8, 4) is 0 Å². The van der Waals surface area contributed by atoms with Crippen LogP contribution in [-0.2, 0) is 63.8 Å². The minimum atomic E-state index is -0.535. The zero-order chi connectivity index (χ0) is 93.1. The zero-order valence-electron chi connectivity index (χ0n) is 78.3. The molecule has 10 N–H and O–H groups in total. The second kappa shape index (κ2) is 39.7. The molecule has 1 unspecified atom stereocenters. The molecule has 10 aliphatic heterocycles. The molecule has 13 aliphatic rings. The van der Waals surface area contributed by atoms with Gasteiger partial charge in [0.25, 0.3) is 5.91 Å². The van der Waals surface area contributed by atoms with E-state index in [9.17, 15) is 9.18 Å². The molecule has 2 atom stereocenters. The van der Waals surface area contributed by atoms with Gasteiger partial charge >= 0.3 is 0 Å². The zero-order valence-corrected chi connectivity index (χ0v) is 79.1. The van der Waals surface area contributed by atoms with Gasteiger partial charge in [0.15, 0.2) is 29.2 Å². The maximum atomic E-state index is 14.3. The number of amides is 1. The van der Waals surface area contributed by atoms with Gasteiger partial charge in [-0.05, 0) is 243 Å². The molecule has 1 aromatic carbocycles. The van der Waals surface area contributed by atoms with E-state index in [1.165, 1.54) is 54.9 Å². The largest absolute Gasteiger partial charge is 0.333 e. The van der Waals surface area contributed by atoms with Crippen LogP contribution in [0, 0.1) is 22.1 Å². The van der Waals surface area contributed by atoms with E-state index >= 15 is 0 Å². The highest BCUT2D eigenvalue weighted by Gasteiger charge is 2.40. The van der Waals surface area contributed by atoms with Crippen LogP contribution in [-0.4, -0.2) is 181 Å². The van der Waals surface area contributed by atoms with Crippen LogP contribution in [0.2, 0.25) is 5.02 Å². The number of halogens is 2. The molecule has 30 nitrogen and oxygen atoms in total. The summed E-state index contributed by atoms with van der Waals surface area (Å²) in [5, 5.41) is 0.0290. The number of aryl methyl sites for hydroxylation is 4. The molecule has 135 heavy (non-hydrogen) atoms. The topological polar surface area (TPSA) is 406 Å². The molecule has 0 spiro atoms. The Morgan fingerprint density at radius 1 is 0.437 bits per heavy atom. The Balaban J connectivity index is 0.000000108. The van der Waals surface area contributed by atoms with Crippen LogP contribution >= 0.6 is 11.6 Å². The summed E-state index contributed by atoms with van der Waals surface area (Å²) in [4.78, 5) is 113. The van der Waals surface area contributed by atoms with Crippen molar-refractivity contribution in [2.45, 2.75) is 232 Å². The van der Waals surface area contributed by atoms with Gasteiger partial charge in [-0.2, -0.15) is 0 Å². The van der Waals surface area contributed by atoms with Crippen molar-refractivity contribution >= 4 is 74.9 Å². The van der Waals surface area contributed by atoms with Crippen molar-refractivity contribution in [1.82, 2.24) is 74.7 Å². The van der Waals surface area contributed by atoms with E-state index in [1.54, 1.807) is 17.0 Å². The highest BCUT2D eigenvalue weighted by molar-refractivity contribution is 6.31. The number of carbonyl (C=O) groups is 1. The lowest BCUT2D eigenvalue weighted by Crippen LogP contribution is -2.47. The number of pyridine rings is 4. The third kappa shape index (κ3) is 19.1. The Bertz CT molecular complexity index is 6140. The van der Waals surface area contributed by atoms with Gasteiger partial charge in [0.05, 0.1) is 153 Å². The summed E-state index contributed by atoms with van der Waals surface area (Å²) in [6.07, 6.45) is 42.8. The molecule has 0 bridgehead atoms. The number of anilines is 4. The van der Waals surface area contributed by atoms with Crippen molar-refractivity contribution in [2.75, 3.05) is 85.0 Å². The number of likely N-dealkylation sites (tertiary alicyclic amines) is 1. The van der Waals surface area contributed by atoms with Gasteiger partial charge in [0, 0.05) is 118 Å². The van der Waals surface area contributed by atoms with Crippen LogP contribution < -0.4 is 48.3 Å². The third-order valence-electron chi connectivity index (χ3n) is 29.7. The predicted molar refractivity (Wildman–Crippen MR) is 527 cm³/mol. The van der Waals surface area contributed by atoms with Crippen molar-refractivity contribution in [3.05, 3.63) is 253 Å². The SMILES string of the molecule is CC(C)(CN)c1cnc2c(n1)CN=C2N1CCCc2ncccc21.CC1(CN)CCC(c2cnc3c(n2)CN=C3N2CCCc3ncccc32)CC1.CC1(CN)CCC(c2cnc3c(n2)CN=C3N2CCCc3ncccc32)CC1.C[C@@]1(CN)CC=C(c2cnc3c(n2)CN=C3N2CCCc3ncccc32)CC1.NCC1CCCCN1C(=O)c1cnc2c(n1)CN=C2c1cccc(Cl)c1F. The Morgan fingerprint density at radius 3 is 1.31 bits per heavy atom. The number of nitrogens with two attached hydrogens (primary N) is 5. The summed E-state index contributed by atoms with van der Waals surface area (Å²) in [6.45, 7) is 21.5. The van der Waals surface area contributed by atoms with Gasteiger partial charge in [-0.3, -0.25) is 69.6 Å². The quantitative estimate of drug-likeness (QED) is 0.0803. The van der Waals surface area contributed by atoms with Crippen molar-refractivity contribution in [1.29, 1.82) is 0 Å². The van der Waals surface area contributed by atoms with Gasteiger partial charge in [-0.1, -0.05) is 58.4 Å². The summed E-state index contributed by atoms with van der Waals surface area (Å²) in [6, 6.07) is 21.3. The molecule has 0 radical (unpaired) electrons. The van der Waals surface area contributed by atoms with E-state index in [1.807, 2.05) is 73.8 Å². The number of hydrogen-bond donors (Lipinski definition) is 5. The maximum Gasteiger partial charge on any atom is 0.274 e. The van der Waals surface area contributed by atoms with Gasteiger partial charge in [-0.15, -0.1) is 0 Å². The lowest BCUT2D eigenvalue weighted by atomic mass is 9.71. The first-order valence-corrected chi connectivity index (χ1v) is 48.9. The Hall–Kier alpha value is -12.0. The lowest BCUT2D eigenvalue weighted by Gasteiger charge is -2.36. The Kier molecular flexibility index (Phi) is 27.1. The third-order valence-corrected chi connectivity index (χ3v) is 30.0. The fraction of sp³-hybridized carbons (Fsp3) is 0.476. The fourth-order valence-electron chi connectivity index (χ4n) is 20.8. The van der Waals surface area contributed by atoms with Gasteiger partial charge in [0.1, 0.15) is 34.2 Å². The summed E-state index contributed by atoms with van der Waals surface area (Å²) < 4.78 is 14.3. The standard InChI is InChI=1S/2C22H28N6.C22H26N6.C19H19ClFN5O.C18H22N6/c3*1-22(14-23)8-6-15(7-9-22)17-12-25-20-18(27-17)13-26-21(20)28-11-3-4-16-19(28)5-2-10-24-16;20-13-6-3-5-12(16(13)21)17-18-14(9-23-17)25-15(10-24-18)19(27)26-7-2-1-4-11(26)8-22;1-18(2,11-19)15-10-21-16-13(23-15)9-22-17(16)24-8-4-5-12-14(24)6-3-7-20-12/h2*2,5,10,12,15H,3-4,6-9,11,13-14,23H2,1H3;2,5-6,10,12H,3-4,7-9,11,13-14,23H2,1H3;3,5-6,10-11H,1-2,4,7-9,22H2;3,6-7,10H,4-5,8-9,11,19H2,1-2H3/t;;22-;;/m..1../s1. The molecular formula is C103H123ClFN29O. The average Bonchev–Trinajstić information content (AvgIpc) is 1.67. The molecule has 9 aromatic heterocycles. The molecule has 32 heteroatoms. The van der Waals surface area contributed by atoms with Crippen LogP contribution in [0.3, 0.4) is 0 Å². The minimum Gasteiger partial charge on any atom is -0.333 e. The van der Waals surface area contributed by atoms with Crippen LogP contribution in [0.4, 0.5) is 27.1 Å². The first-order valence-electron chi connectivity index (χ1n) is 48.6. The van der Waals surface area contributed by atoms with Gasteiger partial charge in [-0.25, -0.2) is 34.3 Å². The van der Waals surface area contributed by atoms with Gasteiger partial charge in [0.2, 0.25) is 0 Å². The van der Waals surface area contributed by atoms with E-state index in [2.05, 4.69) is 119 Å². The fourth-order valence-corrected chi connectivity index (χ4v) is 21.0. The number of rotatable bonds is 11. The molecule has 3 aliphatic carbocycles. The monoisotopic (exact) mass is 1840 g/mol. The first kappa shape index (κ1) is 92.1. The normalized spacial score (nSPS) is 22.7. The number of aromatic nitrogens is 14. The van der Waals surface area contributed by atoms with Crippen LogP contribution in [0.1, 0.15) is 281 Å². The minimum absolute atomic E-state index is 0.0290. The molecule has 1 amide bonds. The molecule has 3 fully saturated rings.